The summed E-state index contributed by atoms with van der Waals surface area (Å²) in [4.78, 5) is 27.4. The highest BCUT2D eigenvalue weighted by molar-refractivity contribution is 5.78. The van der Waals surface area contributed by atoms with Crippen molar-refractivity contribution >= 4 is 11.1 Å². The van der Waals surface area contributed by atoms with E-state index in [1.807, 2.05) is 103 Å². The van der Waals surface area contributed by atoms with Crippen molar-refractivity contribution in [3.05, 3.63) is 168 Å². The number of hydrogen-bond acceptors (Lipinski definition) is 9. The molecular weight excluding hydrogens is 598 g/mol. The third kappa shape index (κ3) is 7.78. The number of aromatic hydroxyl groups is 1. The zero-order chi connectivity index (χ0) is 32.5. The van der Waals surface area contributed by atoms with Gasteiger partial charge in [0.15, 0.2) is 5.58 Å². The van der Waals surface area contributed by atoms with Crippen LogP contribution in [-0.2, 0) is 39.3 Å². The van der Waals surface area contributed by atoms with Crippen LogP contribution in [0.1, 0.15) is 33.8 Å². The Morgan fingerprint density at radius 1 is 0.562 bits per heavy atom. The third-order valence-electron chi connectivity index (χ3n) is 8.04. The molecule has 0 saturated carbocycles. The second-order valence-electron chi connectivity index (χ2n) is 11.8. The first-order chi connectivity index (χ1) is 23.7. The molecule has 7 aromatic rings. The van der Waals surface area contributed by atoms with E-state index in [2.05, 4.69) is 41.9 Å². The summed E-state index contributed by atoms with van der Waals surface area (Å²) in [6.07, 6.45) is 9.10. The van der Waals surface area contributed by atoms with Crippen molar-refractivity contribution < 1.29 is 9.52 Å². The van der Waals surface area contributed by atoms with Gasteiger partial charge in [-0.1, -0.05) is 36.4 Å². The number of rotatable bonds is 13. The fraction of sp³-hybridized carbons (Fsp3) is 0.154. The van der Waals surface area contributed by atoms with Gasteiger partial charge in [-0.3, -0.25) is 29.7 Å². The summed E-state index contributed by atoms with van der Waals surface area (Å²) in [5.74, 6) is 0.516. The number of oxazole rings is 1. The molecule has 0 amide bonds. The highest BCUT2D eigenvalue weighted by Crippen LogP contribution is 2.36. The lowest BCUT2D eigenvalue weighted by atomic mass is 10.0. The first-order valence-corrected chi connectivity index (χ1v) is 15.9. The molecule has 238 valence electrons. The molecule has 0 spiro atoms. The van der Waals surface area contributed by atoms with Gasteiger partial charge in [0.25, 0.3) is 0 Å². The Hall–Kier alpha value is -5.77. The van der Waals surface area contributed by atoms with Crippen LogP contribution in [0.3, 0.4) is 0 Å². The van der Waals surface area contributed by atoms with E-state index in [4.69, 9.17) is 9.40 Å². The number of para-hydroxylation sites is 2. The first-order valence-electron chi connectivity index (χ1n) is 15.9. The molecule has 5 heterocycles. The van der Waals surface area contributed by atoms with Crippen LogP contribution in [0.15, 0.2) is 139 Å². The number of phenolic OH excluding ortho intramolecular Hbond substituents is 1. The number of benzene rings is 2. The van der Waals surface area contributed by atoms with Crippen LogP contribution in [0.4, 0.5) is 0 Å². The zero-order valence-electron chi connectivity index (χ0n) is 26.4. The quantitative estimate of drug-likeness (QED) is 0.141. The van der Waals surface area contributed by atoms with Gasteiger partial charge in [-0.2, -0.15) is 0 Å². The summed E-state index contributed by atoms with van der Waals surface area (Å²) in [6, 6.07) is 33.5. The minimum Gasteiger partial charge on any atom is -0.507 e. The smallest absolute Gasteiger partial charge is 0.231 e. The van der Waals surface area contributed by atoms with Crippen LogP contribution >= 0.6 is 0 Å². The summed E-state index contributed by atoms with van der Waals surface area (Å²) in [5.41, 5.74) is 7.65. The van der Waals surface area contributed by atoms with Crippen molar-refractivity contribution in [1.82, 2.24) is 34.7 Å². The summed E-state index contributed by atoms with van der Waals surface area (Å²) < 4.78 is 6.20. The molecule has 7 rings (SSSR count). The third-order valence-corrected chi connectivity index (χ3v) is 8.04. The summed E-state index contributed by atoms with van der Waals surface area (Å²) in [5, 5.41) is 11.9. The largest absolute Gasteiger partial charge is 0.507 e. The van der Waals surface area contributed by atoms with E-state index in [1.165, 1.54) is 0 Å². The molecule has 0 atom stereocenters. The lowest BCUT2D eigenvalue weighted by Crippen LogP contribution is -2.25. The van der Waals surface area contributed by atoms with E-state index >= 15 is 0 Å². The van der Waals surface area contributed by atoms with Gasteiger partial charge in [-0.15, -0.1) is 0 Å². The molecule has 2 aromatic carbocycles. The van der Waals surface area contributed by atoms with Gasteiger partial charge in [-0.25, -0.2) is 4.98 Å². The molecule has 5 aromatic heterocycles. The highest BCUT2D eigenvalue weighted by atomic mass is 16.3. The minimum absolute atomic E-state index is 0.140. The van der Waals surface area contributed by atoms with Crippen LogP contribution in [0, 0.1) is 0 Å². The van der Waals surface area contributed by atoms with Crippen molar-refractivity contribution in [3.8, 4) is 17.2 Å². The molecule has 0 aliphatic rings. The Labute approximate surface area is 279 Å². The monoisotopic (exact) mass is 633 g/mol. The van der Waals surface area contributed by atoms with E-state index in [0.29, 0.717) is 56.3 Å². The average molecular weight is 634 g/mol. The molecule has 48 heavy (non-hydrogen) atoms. The number of pyridine rings is 4. The first kappa shape index (κ1) is 30.9. The molecular formula is C39H35N7O2. The highest BCUT2D eigenvalue weighted by Gasteiger charge is 2.21. The molecule has 0 radical (unpaired) electrons. The Kier molecular flexibility index (Phi) is 9.49. The lowest BCUT2D eigenvalue weighted by molar-refractivity contribution is 0.236. The Morgan fingerprint density at radius 3 is 1.75 bits per heavy atom. The van der Waals surface area contributed by atoms with Crippen molar-refractivity contribution in [2.24, 2.45) is 0 Å². The summed E-state index contributed by atoms with van der Waals surface area (Å²) in [7, 11) is 0. The number of aromatic nitrogens is 5. The van der Waals surface area contributed by atoms with Gasteiger partial charge in [0.05, 0.1) is 22.6 Å². The lowest BCUT2D eigenvalue weighted by Gasteiger charge is -2.25. The summed E-state index contributed by atoms with van der Waals surface area (Å²) in [6.45, 7) is 3.49. The van der Waals surface area contributed by atoms with Gasteiger partial charge in [0, 0.05) is 75.8 Å². The van der Waals surface area contributed by atoms with Crippen LogP contribution in [0.5, 0.6) is 5.75 Å². The van der Waals surface area contributed by atoms with Crippen molar-refractivity contribution in [2.45, 2.75) is 39.3 Å². The predicted octanol–water partition coefficient (Wildman–Crippen LogP) is 7.19. The molecule has 0 aliphatic carbocycles. The summed E-state index contributed by atoms with van der Waals surface area (Å²) >= 11 is 0. The molecule has 0 aliphatic heterocycles. The standard InChI is InChI=1S/C39H35N7O2/c47-38-31(25-46(27-33-12-4-7-18-42-33)28-34-13-5-8-19-43-34)20-30(21-35(38)39-44-36-14-1-2-15-37(36)48-39)24-45(23-29-10-9-16-40-22-29)26-32-11-3-6-17-41-32/h1-22,47H,23-28H2. The molecule has 9 nitrogen and oxygen atoms in total. The van der Waals surface area contributed by atoms with Gasteiger partial charge >= 0.3 is 0 Å². The average Bonchev–Trinajstić information content (AvgIpc) is 3.56. The molecule has 0 unspecified atom stereocenters. The van der Waals surface area contributed by atoms with Gasteiger partial charge < -0.3 is 9.52 Å². The van der Waals surface area contributed by atoms with E-state index in [-0.39, 0.29) is 5.75 Å². The second kappa shape index (κ2) is 14.8. The maximum absolute atomic E-state index is 11.9. The fourth-order valence-electron chi connectivity index (χ4n) is 5.87. The SMILES string of the molecule is Oc1c(CN(Cc2ccccn2)Cc2ccccn2)cc(CN(Cc2cccnc2)Cc2ccccn2)cc1-c1nc2ccccc2o1. The van der Waals surface area contributed by atoms with Crippen LogP contribution in [0.2, 0.25) is 0 Å². The van der Waals surface area contributed by atoms with E-state index in [9.17, 15) is 5.11 Å². The molecule has 0 fully saturated rings. The number of nitrogens with zero attached hydrogens (tertiary/aromatic N) is 7. The molecule has 0 saturated heterocycles. The fourth-order valence-corrected chi connectivity index (χ4v) is 5.87. The number of hydrogen-bond donors (Lipinski definition) is 1. The van der Waals surface area contributed by atoms with Gasteiger partial charge in [-0.05, 0) is 77.9 Å². The Morgan fingerprint density at radius 2 is 1.17 bits per heavy atom. The van der Waals surface area contributed by atoms with Crippen molar-refractivity contribution in [1.29, 1.82) is 0 Å². The van der Waals surface area contributed by atoms with Crippen LogP contribution in [-0.4, -0.2) is 39.8 Å². The van der Waals surface area contributed by atoms with Gasteiger partial charge in [0.2, 0.25) is 5.89 Å². The maximum Gasteiger partial charge on any atom is 0.231 e. The number of fused-ring (bicyclic) bond motifs is 1. The minimum atomic E-state index is 0.140. The Bertz CT molecular complexity index is 1940. The van der Waals surface area contributed by atoms with Crippen molar-refractivity contribution in [3.63, 3.8) is 0 Å². The van der Waals surface area contributed by atoms with Crippen LogP contribution in [0.25, 0.3) is 22.6 Å². The van der Waals surface area contributed by atoms with Crippen molar-refractivity contribution in [2.75, 3.05) is 0 Å². The van der Waals surface area contributed by atoms with Crippen LogP contribution < -0.4 is 0 Å². The zero-order valence-corrected chi connectivity index (χ0v) is 26.4. The normalized spacial score (nSPS) is 11.5. The maximum atomic E-state index is 11.9. The Balaban J connectivity index is 1.28. The molecule has 1 N–H and O–H groups in total. The van der Waals surface area contributed by atoms with E-state index in [0.717, 1.165) is 39.3 Å². The van der Waals surface area contributed by atoms with Gasteiger partial charge in [0.1, 0.15) is 11.3 Å². The number of phenols is 1. The topological polar surface area (TPSA) is 104 Å². The van der Waals surface area contributed by atoms with E-state index < -0.39 is 0 Å². The molecule has 9 heteroatoms. The molecule has 0 bridgehead atoms. The second-order valence-corrected chi connectivity index (χ2v) is 11.8. The predicted molar refractivity (Wildman–Crippen MR) is 184 cm³/mol. The van der Waals surface area contributed by atoms with E-state index in [1.54, 1.807) is 18.6 Å².